The topological polar surface area (TPSA) is 78.0 Å². The Morgan fingerprint density at radius 2 is 1.76 bits per heavy atom. The van der Waals surface area contributed by atoms with E-state index in [-0.39, 0.29) is 11.8 Å². The third kappa shape index (κ3) is 7.87. The summed E-state index contributed by atoms with van der Waals surface area (Å²) in [4.78, 5) is 17.9. The molecule has 1 amide bonds. The number of nitrogens with one attached hydrogen (secondary N) is 3. The van der Waals surface area contributed by atoms with E-state index >= 15 is 0 Å². The summed E-state index contributed by atoms with van der Waals surface area (Å²) in [6, 6.07) is 0. The average Bonchev–Trinajstić information content (AvgIpc) is 2.50. The van der Waals surface area contributed by atoms with Crippen LogP contribution in [0.2, 0.25) is 0 Å². The standard InChI is InChI=1S/C14H29N5O2/c1-12(2)13(20)16-4-5-17-14(15-3)18-6-7-19-8-10-21-11-9-19/h12H,4-11H2,1-3H3,(H,16,20)(H2,15,17,18). The van der Waals surface area contributed by atoms with E-state index in [0.717, 1.165) is 45.4 Å². The summed E-state index contributed by atoms with van der Waals surface area (Å²) in [5.41, 5.74) is 0. The molecule has 0 aromatic rings. The predicted molar refractivity (Wildman–Crippen MR) is 84.5 cm³/mol. The quantitative estimate of drug-likeness (QED) is 0.328. The summed E-state index contributed by atoms with van der Waals surface area (Å²) in [5, 5.41) is 9.32. The molecule has 0 aliphatic carbocycles. The third-order valence-electron chi connectivity index (χ3n) is 3.29. The zero-order valence-electron chi connectivity index (χ0n) is 13.4. The number of ether oxygens (including phenoxy) is 1. The number of morpholine rings is 1. The monoisotopic (exact) mass is 299 g/mol. The molecule has 1 aliphatic heterocycles. The van der Waals surface area contributed by atoms with Gasteiger partial charge in [-0.3, -0.25) is 14.7 Å². The van der Waals surface area contributed by atoms with Gasteiger partial charge in [0, 0.05) is 52.2 Å². The molecule has 1 fully saturated rings. The van der Waals surface area contributed by atoms with Gasteiger partial charge in [0.05, 0.1) is 13.2 Å². The summed E-state index contributed by atoms with van der Waals surface area (Å²) in [5.74, 6) is 0.866. The van der Waals surface area contributed by atoms with Gasteiger partial charge in [-0.05, 0) is 0 Å². The molecule has 0 atom stereocenters. The Bertz CT molecular complexity index is 327. The van der Waals surface area contributed by atoms with Gasteiger partial charge in [0.25, 0.3) is 0 Å². The Labute approximate surface area is 127 Å². The van der Waals surface area contributed by atoms with Crippen molar-refractivity contribution in [2.24, 2.45) is 10.9 Å². The Kier molecular flexibility index (Phi) is 8.77. The molecular weight excluding hydrogens is 270 g/mol. The first-order valence-electron chi connectivity index (χ1n) is 7.66. The highest BCUT2D eigenvalue weighted by Gasteiger charge is 2.09. The lowest BCUT2D eigenvalue weighted by molar-refractivity contribution is -0.123. The fourth-order valence-corrected chi connectivity index (χ4v) is 1.95. The van der Waals surface area contributed by atoms with Crippen LogP contribution in [0, 0.1) is 5.92 Å². The van der Waals surface area contributed by atoms with Gasteiger partial charge in [0.1, 0.15) is 0 Å². The molecule has 0 saturated carbocycles. The molecule has 7 nitrogen and oxygen atoms in total. The molecule has 1 saturated heterocycles. The van der Waals surface area contributed by atoms with Crippen LogP contribution in [0.25, 0.3) is 0 Å². The zero-order valence-corrected chi connectivity index (χ0v) is 13.4. The van der Waals surface area contributed by atoms with E-state index in [9.17, 15) is 4.79 Å². The van der Waals surface area contributed by atoms with Gasteiger partial charge in [-0.15, -0.1) is 0 Å². The van der Waals surface area contributed by atoms with E-state index in [1.165, 1.54) is 0 Å². The summed E-state index contributed by atoms with van der Waals surface area (Å²) in [6.07, 6.45) is 0. The zero-order chi connectivity index (χ0) is 15.5. The van der Waals surface area contributed by atoms with Crippen molar-refractivity contribution in [3.63, 3.8) is 0 Å². The Hall–Kier alpha value is -1.34. The van der Waals surface area contributed by atoms with Gasteiger partial charge >= 0.3 is 0 Å². The van der Waals surface area contributed by atoms with Gasteiger partial charge in [0.15, 0.2) is 5.96 Å². The van der Waals surface area contributed by atoms with E-state index in [1.807, 2.05) is 13.8 Å². The van der Waals surface area contributed by atoms with Crippen LogP contribution < -0.4 is 16.0 Å². The number of carbonyl (C=O) groups is 1. The molecule has 122 valence electrons. The fourth-order valence-electron chi connectivity index (χ4n) is 1.95. The molecule has 3 N–H and O–H groups in total. The fraction of sp³-hybridized carbons (Fsp3) is 0.857. The van der Waals surface area contributed by atoms with Crippen LogP contribution in [-0.4, -0.2) is 76.3 Å². The smallest absolute Gasteiger partial charge is 0.222 e. The predicted octanol–water partition coefficient (Wildman–Crippen LogP) is -0.744. The molecule has 1 heterocycles. The van der Waals surface area contributed by atoms with Gasteiger partial charge in [-0.25, -0.2) is 0 Å². The maximum Gasteiger partial charge on any atom is 0.222 e. The van der Waals surface area contributed by atoms with Gasteiger partial charge in [-0.1, -0.05) is 13.8 Å². The van der Waals surface area contributed by atoms with Crippen molar-refractivity contribution in [3.8, 4) is 0 Å². The molecule has 0 radical (unpaired) electrons. The van der Waals surface area contributed by atoms with Gasteiger partial charge < -0.3 is 20.7 Å². The van der Waals surface area contributed by atoms with Crippen LogP contribution >= 0.6 is 0 Å². The lowest BCUT2D eigenvalue weighted by Gasteiger charge is -2.26. The van der Waals surface area contributed by atoms with Crippen LogP contribution in [0.5, 0.6) is 0 Å². The lowest BCUT2D eigenvalue weighted by atomic mass is 10.2. The number of hydrogen-bond acceptors (Lipinski definition) is 4. The first-order chi connectivity index (χ1) is 10.1. The van der Waals surface area contributed by atoms with Crippen molar-refractivity contribution < 1.29 is 9.53 Å². The SMILES string of the molecule is CN=C(NCCNC(=O)C(C)C)NCCN1CCOCC1. The average molecular weight is 299 g/mol. The summed E-state index contributed by atoms with van der Waals surface area (Å²) < 4.78 is 5.32. The molecule has 0 unspecified atom stereocenters. The second-order valence-electron chi connectivity index (χ2n) is 5.33. The number of carbonyl (C=O) groups excluding carboxylic acids is 1. The highest BCUT2D eigenvalue weighted by Crippen LogP contribution is 1.94. The van der Waals surface area contributed by atoms with Crippen molar-refractivity contribution in [3.05, 3.63) is 0 Å². The van der Waals surface area contributed by atoms with Crippen molar-refractivity contribution in [1.82, 2.24) is 20.9 Å². The van der Waals surface area contributed by atoms with E-state index in [0.29, 0.717) is 13.1 Å². The van der Waals surface area contributed by atoms with Crippen LogP contribution in [0.3, 0.4) is 0 Å². The van der Waals surface area contributed by atoms with Crippen LogP contribution in [-0.2, 0) is 9.53 Å². The van der Waals surface area contributed by atoms with E-state index in [1.54, 1.807) is 7.05 Å². The molecule has 0 spiro atoms. The number of aliphatic imine (C=N–C) groups is 1. The Morgan fingerprint density at radius 1 is 1.14 bits per heavy atom. The molecule has 21 heavy (non-hydrogen) atoms. The normalized spacial score (nSPS) is 16.9. The first kappa shape index (κ1) is 17.7. The maximum atomic E-state index is 11.4. The number of nitrogens with zero attached hydrogens (tertiary/aromatic N) is 2. The highest BCUT2D eigenvalue weighted by atomic mass is 16.5. The van der Waals surface area contributed by atoms with Gasteiger partial charge in [-0.2, -0.15) is 0 Å². The minimum Gasteiger partial charge on any atom is -0.379 e. The summed E-state index contributed by atoms with van der Waals surface area (Å²) in [7, 11) is 1.75. The van der Waals surface area contributed by atoms with E-state index in [4.69, 9.17) is 4.74 Å². The molecule has 7 heteroatoms. The van der Waals surface area contributed by atoms with Gasteiger partial charge in [0.2, 0.25) is 5.91 Å². The number of rotatable bonds is 7. The number of hydrogen-bond donors (Lipinski definition) is 3. The van der Waals surface area contributed by atoms with Crippen molar-refractivity contribution in [2.45, 2.75) is 13.8 Å². The maximum absolute atomic E-state index is 11.4. The van der Waals surface area contributed by atoms with Crippen LogP contribution in [0.1, 0.15) is 13.8 Å². The molecule has 1 rings (SSSR count). The molecule has 0 aromatic heterocycles. The second kappa shape index (κ2) is 10.4. The largest absolute Gasteiger partial charge is 0.379 e. The highest BCUT2D eigenvalue weighted by molar-refractivity contribution is 5.80. The summed E-state index contributed by atoms with van der Waals surface area (Å²) >= 11 is 0. The van der Waals surface area contributed by atoms with Crippen LogP contribution in [0.15, 0.2) is 4.99 Å². The number of guanidine groups is 1. The second-order valence-corrected chi connectivity index (χ2v) is 5.33. The minimum absolute atomic E-state index is 0.0240. The first-order valence-corrected chi connectivity index (χ1v) is 7.66. The molecule has 0 bridgehead atoms. The van der Waals surface area contributed by atoms with Crippen molar-refractivity contribution >= 4 is 11.9 Å². The van der Waals surface area contributed by atoms with Crippen molar-refractivity contribution in [2.75, 3.05) is 59.5 Å². The third-order valence-corrected chi connectivity index (χ3v) is 3.29. The molecule has 0 aromatic carbocycles. The lowest BCUT2D eigenvalue weighted by Crippen LogP contribution is -2.46. The van der Waals surface area contributed by atoms with Crippen LogP contribution in [0.4, 0.5) is 0 Å². The minimum atomic E-state index is 0.0240. The Morgan fingerprint density at radius 3 is 2.38 bits per heavy atom. The van der Waals surface area contributed by atoms with Crippen molar-refractivity contribution in [1.29, 1.82) is 0 Å². The summed E-state index contributed by atoms with van der Waals surface area (Å²) in [6.45, 7) is 10.5. The molecule has 1 aliphatic rings. The number of amides is 1. The molecular formula is C14H29N5O2. The Balaban J connectivity index is 2.07. The van der Waals surface area contributed by atoms with E-state index < -0.39 is 0 Å². The van der Waals surface area contributed by atoms with E-state index in [2.05, 4.69) is 25.8 Å².